The van der Waals surface area contributed by atoms with Crippen LogP contribution in [0.15, 0.2) is 133 Å². The number of rotatable bonds is 17. The number of benzene rings is 6. The number of anilines is 2. The maximum Gasteiger partial charge on any atom is 0.333 e. The summed E-state index contributed by atoms with van der Waals surface area (Å²) in [5.41, 5.74) is 7.60. The molecule has 1 aliphatic heterocycles. The molecule has 0 aromatic heterocycles. The first-order valence-corrected chi connectivity index (χ1v) is 27.2. The normalized spacial score (nSPS) is 12.5. The minimum Gasteiger partial charge on any atom is -0.461 e. The van der Waals surface area contributed by atoms with E-state index in [1.54, 1.807) is 36.4 Å². The maximum absolute atomic E-state index is 15.7. The van der Waals surface area contributed by atoms with Crippen molar-refractivity contribution < 1.29 is 48.3 Å². The standard InChI is InChI=1S/C55H55F4N3O7S3/c1-29(2)36-16-13-17-37(30(3)4)51(36)60-34-21-23-40-43(27-34)69-44-28-35(61-52-38(31(5)6)18-14-19-39(52)32(7)8)22-24-41(44)46(40)42-15-11-12-20-45(42)71(64,65)62-72(66,67)54-49(58)47(56)53(48(57)50(54)59)70-26-25-68-55(63)33(9)10/h11-24,27-32,60,62H,9,25-26H2,1-8,10H3/b61-35+. The molecule has 5 aromatic rings. The number of nitrogens with zero attached hydrogens (tertiary/aromatic N) is 1. The summed E-state index contributed by atoms with van der Waals surface area (Å²) in [7, 11) is -11.3. The van der Waals surface area contributed by atoms with E-state index in [2.05, 4.69) is 79.4 Å². The number of hydrogen-bond acceptors (Lipinski definition) is 10. The molecule has 2 N–H and O–H groups in total. The molecule has 0 amide bonds. The number of nitrogens with one attached hydrogen (secondary N) is 2. The van der Waals surface area contributed by atoms with Crippen LogP contribution in [-0.4, -0.2) is 35.2 Å². The molecule has 72 heavy (non-hydrogen) atoms. The van der Waals surface area contributed by atoms with Gasteiger partial charge in [0.15, 0.2) is 28.2 Å². The van der Waals surface area contributed by atoms with E-state index in [0.29, 0.717) is 27.6 Å². The monoisotopic (exact) mass is 1040 g/mol. The lowest BCUT2D eigenvalue weighted by Gasteiger charge is -2.22. The third-order valence-electron chi connectivity index (χ3n) is 12.0. The lowest BCUT2D eigenvalue weighted by molar-refractivity contribution is -0.138. The molecule has 7 rings (SSSR count). The van der Waals surface area contributed by atoms with E-state index in [1.165, 1.54) is 29.3 Å². The van der Waals surface area contributed by atoms with Crippen LogP contribution in [0.1, 0.15) is 108 Å². The largest absolute Gasteiger partial charge is 0.461 e. The number of hydrogen-bond donors (Lipinski definition) is 2. The van der Waals surface area contributed by atoms with Crippen molar-refractivity contribution in [1.29, 1.82) is 0 Å². The minimum absolute atomic E-state index is 0.0332. The van der Waals surface area contributed by atoms with Crippen LogP contribution in [0.3, 0.4) is 0 Å². The first-order chi connectivity index (χ1) is 33.9. The zero-order valence-corrected chi connectivity index (χ0v) is 43.7. The molecule has 0 unspecified atom stereocenters. The molecule has 1 heterocycles. The molecule has 10 nitrogen and oxygen atoms in total. The van der Waals surface area contributed by atoms with Gasteiger partial charge in [0.05, 0.1) is 20.8 Å². The molecule has 0 atom stereocenters. The quantitative estimate of drug-likeness (QED) is 0.0173. The van der Waals surface area contributed by atoms with Gasteiger partial charge in [-0.2, -0.15) is 0 Å². The van der Waals surface area contributed by atoms with Crippen LogP contribution in [0, 0.1) is 23.3 Å². The van der Waals surface area contributed by atoms with Gasteiger partial charge in [0.2, 0.25) is 0 Å². The Labute approximate surface area is 422 Å². The molecular formula is C55H55F4N3O7S3. The molecule has 0 saturated heterocycles. The first-order valence-electron chi connectivity index (χ1n) is 23.2. The van der Waals surface area contributed by atoms with Crippen LogP contribution < -0.4 is 14.8 Å². The minimum atomic E-state index is -5.92. The maximum atomic E-state index is 15.7. The number of sulfonamides is 2. The van der Waals surface area contributed by atoms with Gasteiger partial charge < -0.3 is 14.5 Å². The highest BCUT2D eigenvalue weighted by atomic mass is 32.3. The van der Waals surface area contributed by atoms with Crippen molar-refractivity contribution in [3.05, 3.63) is 160 Å². The van der Waals surface area contributed by atoms with Gasteiger partial charge in [0.1, 0.15) is 18.0 Å². The number of fused-ring (bicyclic) bond motifs is 2. The molecule has 0 spiro atoms. The molecule has 0 bridgehead atoms. The van der Waals surface area contributed by atoms with E-state index in [4.69, 9.17) is 14.1 Å². The summed E-state index contributed by atoms with van der Waals surface area (Å²) in [5, 5.41) is 4.54. The van der Waals surface area contributed by atoms with Gasteiger partial charge in [-0.05, 0) is 83.2 Å². The van der Waals surface area contributed by atoms with Crippen molar-refractivity contribution in [1.82, 2.24) is 4.13 Å². The molecule has 17 heteroatoms. The van der Waals surface area contributed by atoms with Crippen LogP contribution in [0.25, 0.3) is 33.4 Å². The molecular weight excluding hydrogens is 987 g/mol. The molecule has 378 valence electrons. The highest BCUT2D eigenvalue weighted by molar-refractivity contribution is 8.04. The SMILES string of the molecule is C=C(C)C(=O)OCCSc1c(F)c(F)c(S(=O)(=O)NS(=O)(=O)c2ccccc2-c2c3cc/c(=N\c4c(C(C)C)cccc4C(C)C)cc-3oc3cc(Nc4c(C(C)C)cccc4C(C)C)ccc23)c(F)c1F. The highest BCUT2D eigenvalue weighted by Gasteiger charge is 2.37. The van der Waals surface area contributed by atoms with Crippen LogP contribution in [0.2, 0.25) is 0 Å². The summed E-state index contributed by atoms with van der Waals surface area (Å²) in [6, 6.07) is 28.1. The first kappa shape index (κ1) is 53.5. The van der Waals surface area contributed by atoms with Crippen molar-refractivity contribution in [2.75, 3.05) is 17.7 Å². The summed E-state index contributed by atoms with van der Waals surface area (Å²) in [6.45, 7) is 21.1. The lowest BCUT2D eigenvalue weighted by atomic mass is 9.92. The van der Waals surface area contributed by atoms with Gasteiger partial charge in [-0.25, -0.2) is 44.2 Å². The second-order valence-corrected chi connectivity index (χ2v) is 23.2. The number of halogens is 4. The Morgan fingerprint density at radius 2 is 1.26 bits per heavy atom. The fourth-order valence-electron chi connectivity index (χ4n) is 8.42. The van der Waals surface area contributed by atoms with E-state index >= 15 is 17.6 Å². The third-order valence-corrected chi connectivity index (χ3v) is 16.6. The summed E-state index contributed by atoms with van der Waals surface area (Å²) < 4.78 is 132. The topological polar surface area (TPSA) is 144 Å². The van der Waals surface area contributed by atoms with Crippen LogP contribution in [0.4, 0.5) is 34.6 Å². The summed E-state index contributed by atoms with van der Waals surface area (Å²) in [4.78, 5) is 12.7. The predicted molar refractivity (Wildman–Crippen MR) is 276 cm³/mol. The Bertz CT molecular complexity index is 3450. The number of thioether (sulfide) groups is 1. The predicted octanol–water partition coefficient (Wildman–Crippen LogP) is 14.1. The van der Waals surface area contributed by atoms with E-state index in [0.717, 1.165) is 39.7 Å². The summed E-state index contributed by atoms with van der Waals surface area (Å²) in [5.74, 6) is -9.24. The van der Waals surface area contributed by atoms with Gasteiger partial charge in [-0.15, -0.1) is 15.9 Å². The number of carbonyl (C=O) groups excluding carboxylic acids is 1. The fourth-order valence-corrected chi connectivity index (χ4v) is 12.4. The highest BCUT2D eigenvalue weighted by Crippen LogP contribution is 2.45. The second kappa shape index (κ2) is 21.4. The smallest absolute Gasteiger partial charge is 0.333 e. The number of esters is 1. The van der Waals surface area contributed by atoms with E-state index in [1.807, 2.05) is 24.3 Å². The van der Waals surface area contributed by atoms with E-state index in [-0.39, 0.29) is 63.6 Å². The number of ether oxygens (including phenoxy) is 1. The summed E-state index contributed by atoms with van der Waals surface area (Å²) in [6.07, 6.45) is 0. The fraction of sp³-hybridized carbons (Fsp3) is 0.273. The molecule has 0 radical (unpaired) electrons. The Morgan fingerprint density at radius 1 is 0.694 bits per heavy atom. The lowest BCUT2D eigenvalue weighted by Crippen LogP contribution is -2.33. The second-order valence-electron chi connectivity index (χ2n) is 18.6. The Morgan fingerprint density at radius 3 is 1.83 bits per heavy atom. The molecule has 1 aliphatic carbocycles. The van der Waals surface area contributed by atoms with Crippen LogP contribution >= 0.6 is 11.8 Å². The average Bonchev–Trinajstić information content (AvgIpc) is 3.31. The zero-order chi connectivity index (χ0) is 52.6. The van der Waals surface area contributed by atoms with Crippen molar-refractivity contribution >= 4 is 65.8 Å². The Hall–Kier alpha value is -6.27. The van der Waals surface area contributed by atoms with Gasteiger partial charge in [0.25, 0.3) is 20.0 Å². The molecule has 5 aromatic carbocycles. The van der Waals surface area contributed by atoms with Crippen molar-refractivity contribution in [2.45, 2.75) is 101 Å². The molecule has 0 fully saturated rings. The molecule has 2 aliphatic rings. The van der Waals surface area contributed by atoms with Gasteiger partial charge in [0, 0.05) is 56.9 Å². The number of para-hydroxylation sites is 2. The van der Waals surface area contributed by atoms with Gasteiger partial charge >= 0.3 is 5.97 Å². The zero-order valence-electron chi connectivity index (χ0n) is 41.2. The molecule has 0 saturated carbocycles. The Kier molecular flexibility index (Phi) is 15.9. The van der Waals surface area contributed by atoms with Crippen molar-refractivity contribution in [3.63, 3.8) is 0 Å². The van der Waals surface area contributed by atoms with Crippen LogP contribution in [0.5, 0.6) is 0 Å². The summed E-state index contributed by atoms with van der Waals surface area (Å²) >= 11 is 0.207. The van der Waals surface area contributed by atoms with E-state index in [9.17, 15) is 21.6 Å². The number of carbonyl (C=O) groups is 1. The van der Waals surface area contributed by atoms with Gasteiger partial charge in [-0.3, -0.25) is 0 Å². The van der Waals surface area contributed by atoms with Gasteiger partial charge in [-0.1, -0.05) is 117 Å². The van der Waals surface area contributed by atoms with Crippen molar-refractivity contribution in [2.24, 2.45) is 4.99 Å². The Balaban J connectivity index is 1.39. The average molecular weight is 1040 g/mol. The third kappa shape index (κ3) is 10.9. The van der Waals surface area contributed by atoms with Crippen molar-refractivity contribution in [3.8, 4) is 22.5 Å². The van der Waals surface area contributed by atoms with Crippen LogP contribution in [-0.2, 0) is 29.6 Å². The van der Waals surface area contributed by atoms with E-state index < -0.39 is 70.6 Å².